The van der Waals surface area contributed by atoms with Gasteiger partial charge in [0.1, 0.15) is 5.75 Å². The molecule has 0 heterocycles. The van der Waals surface area contributed by atoms with E-state index in [1.54, 1.807) is 19.1 Å². The van der Waals surface area contributed by atoms with Crippen LogP contribution in [0.5, 0.6) is 5.75 Å². The van der Waals surface area contributed by atoms with Crippen molar-refractivity contribution < 1.29 is 19.4 Å². The van der Waals surface area contributed by atoms with Crippen LogP contribution in [0.1, 0.15) is 27.2 Å². The van der Waals surface area contributed by atoms with Gasteiger partial charge >= 0.3 is 5.97 Å². The summed E-state index contributed by atoms with van der Waals surface area (Å²) in [6, 6.07) is 7.12. The number of benzene rings is 1. The van der Waals surface area contributed by atoms with Gasteiger partial charge < -0.3 is 14.7 Å². The maximum absolute atomic E-state index is 12.4. The lowest BCUT2D eigenvalue weighted by atomic mass is 10.2. The molecule has 0 bridgehead atoms. The Morgan fingerprint density at radius 3 is 2.29 bits per heavy atom. The number of nitrogens with zero attached hydrogens (tertiary/aromatic N) is 1. The molecule has 0 radical (unpaired) electrons. The van der Waals surface area contributed by atoms with Crippen LogP contribution < -0.4 is 4.74 Å². The van der Waals surface area contributed by atoms with E-state index in [0.717, 1.165) is 4.47 Å². The number of carbonyl (C=O) groups is 2. The van der Waals surface area contributed by atoms with Crippen molar-refractivity contribution in [3.63, 3.8) is 0 Å². The molecule has 21 heavy (non-hydrogen) atoms. The third kappa shape index (κ3) is 5.75. The Balaban J connectivity index is 2.68. The highest BCUT2D eigenvalue weighted by Gasteiger charge is 2.24. The van der Waals surface area contributed by atoms with Gasteiger partial charge in [-0.25, -0.2) is 0 Å². The lowest BCUT2D eigenvalue weighted by molar-refractivity contribution is -0.142. The molecule has 1 aromatic rings. The third-order valence-electron chi connectivity index (χ3n) is 2.95. The summed E-state index contributed by atoms with van der Waals surface area (Å²) in [5.74, 6) is -0.537. The van der Waals surface area contributed by atoms with Gasteiger partial charge in [-0.15, -0.1) is 0 Å². The van der Waals surface area contributed by atoms with E-state index in [2.05, 4.69) is 15.9 Å². The van der Waals surface area contributed by atoms with E-state index < -0.39 is 12.1 Å². The van der Waals surface area contributed by atoms with Gasteiger partial charge in [0.25, 0.3) is 5.91 Å². The van der Waals surface area contributed by atoms with E-state index in [4.69, 9.17) is 9.84 Å². The molecule has 0 aliphatic rings. The maximum atomic E-state index is 12.4. The number of amides is 1. The average molecular weight is 358 g/mol. The van der Waals surface area contributed by atoms with Crippen molar-refractivity contribution in [1.29, 1.82) is 0 Å². The Hall–Kier alpha value is -1.56. The van der Waals surface area contributed by atoms with Gasteiger partial charge in [-0.1, -0.05) is 15.9 Å². The molecule has 0 spiro atoms. The summed E-state index contributed by atoms with van der Waals surface area (Å²) in [5, 5.41) is 8.75. The smallest absolute Gasteiger partial charge is 0.305 e. The first-order valence-corrected chi connectivity index (χ1v) is 7.55. The zero-order valence-corrected chi connectivity index (χ0v) is 14.0. The Morgan fingerprint density at radius 2 is 1.81 bits per heavy atom. The Kier molecular flexibility index (Phi) is 6.68. The van der Waals surface area contributed by atoms with E-state index >= 15 is 0 Å². The van der Waals surface area contributed by atoms with Crippen LogP contribution in [0.3, 0.4) is 0 Å². The molecule has 0 aromatic heterocycles. The number of carboxylic acids is 1. The van der Waals surface area contributed by atoms with Gasteiger partial charge in [-0.3, -0.25) is 9.59 Å². The normalized spacial score (nSPS) is 12.0. The number of halogens is 1. The van der Waals surface area contributed by atoms with Crippen LogP contribution in [-0.2, 0) is 9.59 Å². The fourth-order valence-electron chi connectivity index (χ4n) is 1.84. The van der Waals surface area contributed by atoms with Gasteiger partial charge in [0, 0.05) is 17.1 Å². The summed E-state index contributed by atoms with van der Waals surface area (Å²) >= 11 is 3.33. The van der Waals surface area contributed by atoms with Crippen LogP contribution in [-0.4, -0.2) is 40.6 Å². The molecule has 6 heteroatoms. The Bertz CT molecular complexity index is 487. The average Bonchev–Trinajstić information content (AvgIpc) is 2.40. The Labute approximate surface area is 133 Å². The first kappa shape index (κ1) is 17.5. The lowest BCUT2D eigenvalue weighted by Gasteiger charge is -2.29. The van der Waals surface area contributed by atoms with Crippen molar-refractivity contribution in [3.8, 4) is 5.75 Å². The summed E-state index contributed by atoms with van der Waals surface area (Å²) in [4.78, 5) is 24.6. The molecule has 0 aliphatic heterocycles. The number of aliphatic carboxylic acids is 1. The van der Waals surface area contributed by atoms with E-state index in [1.165, 1.54) is 4.90 Å². The molecule has 1 atom stereocenters. The van der Waals surface area contributed by atoms with Gasteiger partial charge in [0.05, 0.1) is 6.42 Å². The number of carbonyl (C=O) groups excluding carboxylic acids is 1. The SMILES string of the molecule is CC(Oc1ccc(Br)cc1)C(=O)N(CCC(=O)O)C(C)C. The minimum atomic E-state index is -0.921. The predicted octanol–water partition coefficient (Wildman–Crippen LogP) is 2.93. The van der Waals surface area contributed by atoms with E-state index in [1.807, 2.05) is 26.0 Å². The summed E-state index contributed by atoms with van der Waals surface area (Å²) in [7, 11) is 0. The molecule has 1 N–H and O–H groups in total. The summed E-state index contributed by atoms with van der Waals surface area (Å²) in [6.07, 6.45) is -0.739. The minimum Gasteiger partial charge on any atom is -0.481 e. The highest BCUT2D eigenvalue weighted by Crippen LogP contribution is 2.18. The van der Waals surface area contributed by atoms with Crippen LogP contribution in [0.2, 0.25) is 0 Å². The van der Waals surface area contributed by atoms with Crippen LogP contribution in [0.25, 0.3) is 0 Å². The van der Waals surface area contributed by atoms with Crippen molar-refractivity contribution in [1.82, 2.24) is 4.90 Å². The van der Waals surface area contributed by atoms with Crippen molar-refractivity contribution in [3.05, 3.63) is 28.7 Å². The molecule has 1 unspecified atom stereocenters. The van der Waals surface area contributed by atoms with Crippen LogP contribution >= 0.6 is 15.9 Å². The Morgan fingerprint density at radius 1 is 1.24 bits per heavy atom. The van der Waals surface area contributed by atoms with Gasteiger partial charge in [-0.2, -0.15) is 0 Å². The summed E-state index contributed by atoms with van der Waals surface area (Å²) in [6.45, 7) is 5.55. The minimum absolute atomic E-state index is 0.0745. The van der Waals surface area contributed by atoms with Crippen LogP contribution in [0.15, 0.2) is 28.7 Å². The lowest BCUT2D eigenvalue weighted by Crippen LogP contribution is -2.45. The van der Waals surface area contributed by atoms with Crippen LogP contribution in [0, 0.1) is 0 Å². The first-order chi connectivity index (χ1) is 9.81. The molecule has 1 rings (SSSR count). The number of carboxylic acid groups (broad SMARTS) is 1. The molecule has 0 saturated heterocycles. The fraction of sp³-hybridized carbons (Fsp3) is 0.467. The monoisotopic (exact) mass is 357 g/mol. The second-order valence-electron chi connectivity index (χ2n) is 4.98. The number of ether oxygens (including phenoxy) is 1. The second-order valence-corrected chi connectivity index (χ2v) is 5.90. The fourth-order valence-corrected chi connectivity index (χ4v) is 2.10. The number of hydrogen-bond donors (Lipinski definition) is 1. The highest BCUT2D eigenvalue weighted by atomic mass is 79.9. The van der Waals surface area contributed by atoms with Gasteiger partial charge in [0.15, 0.2) is 6.10 Å². The largest absolute Gasteiger partial charge is 0.481 e. The summed E-state index contributed by atoms with van der Waals surface area (Å²) in [5.41, 5.74) is 0. The molecule has 1 aromatic carbocycles. The predicted molar refractivity (Wildman–Crippen MR) is 83.3 cm³/mol. The quantitative estimate of drug-likeness (QED) is 0.814. The molecule has 1 amide bonds. The standard InChI is InChI=1S/C15H20BrNO4/c1-10(2)17(9-8-14(18)19)15(20)11(3)21-13-6-4-12(16)5-7-13/h4-7,10-11H,8-9H2,1-3H3,(H,18,19). The number of rotatable bonds is 7. The van der Waals surface area contributed by atoms with Crippen molar-refractivity contribution in [2.24, 2.45) is 0 Å². The first-order valence-electron chi connectivity index (χ1n) is 6.75. The molecule has 0 aliphatic carbocycles. The molecule has 116 valence electrons. The van der Waals surface area contributed by atoms with Crippen molar-refractivity contribution in [2.45, 2.75) is 39.3 Å². The molecular formula is C15H20BrNO4. The zero-order valence-electron chi connectivity index (χ0n) is 12.4. The van der Waals surface area contributed by atoms with E-state index in [0.29, 0.717) is 5.75 Å². The highest BCUT2D eigenvalue weighted by molar-refractivity contribution is 9.10. The molecular weight excluding hydrogens is 338 g/mol. The van der Waals surface area contributed by atoms with Crippen molar-refractivity contribution in [2.75, 3.05) is 6.54 Å². The van der Waals surface area contributed by atoms with Gasteiger partial charge in [-0.05, 0) is 45.0 Å². The zero-order chi connectivity index (χ0) is 16.0. The van der Waals surface area contributed by atoms with Gasteiger partial charge in [0.2, 0.25) is 0 Å². The topological polar surface area (TPSA) is 66.8 Å². The third-order valence-corrected chi connectivity index (χ3v) is 3.48. The van der Waals surface area contributed by atoms with Crippen LogP contribution in [0.4, 0.5) is 0 Å². The van der Waals surface area contributed by atoms with Crippen molar-refractivity contribution >= 4 is 27.8 Å². The molecule has 0 saturated carbocycles. The molecule has 5 nitrogen and oxygen atoms in total. The number of hydrogen-bond acceptors (Lipinski definition) is 3. The van der Waals surface area contributed by atoms with E-state index in [9.17, 15) is 9.59 Å². The molecule has 0 fully saturated rings. The second kappa shape index (κ2) is 8.02. The van der Waals surface area contributed by atoms with E-state index in [-0.39, 0.29) is 24.9 Å². The summed E-state index contributed by atoms with van der Waals surface area (Å²) < 4.78 is 6.54. The maximum Gasteiger partial charge on any atom is 0.305 e.